The van der Waals surface area contributed by atoms with Gasteiger partial charge in [0.15, 0.2) is 11.5 Å². The summed E-state index contributed by atoms with van der Waals surface area (Å²) in [7, 11) is 1.56. The van der Waals surface area contributed by atoms with Gasteiger partial charge in [-0.1, -0.05) is 12.1 Å². The van der Waals surface area contributed by atoms with Crippen LogP contribution in [0.5, 0.6) is 17.2 Å². The minimum Gasteiger partial charge on any atom is -0.493 e. The second-order valence-electron chi connectivity index (χ2n) is 3.68. The summed E-state index contributed by atoms with van der Waals surface area (Å²) in [5.74, 6) is 1.64. The minimum absolute atomic E-state index is 0.287. The molecule has 0 aromatic heterocycles. The normalized spacial score (nSPS) is 9.21. The number of hydrogen-bond donors (Lipinski definition) is 0. The van der Waals surface area contributed by atoms with Gasteiger partial charge in [-0.2, -0.15) is 10.5 Å². The Labute approximate surface area is 111 Å². The van der Waals surface area contributed by atoms with Crippen LogP contribution >= 0.6 is 0 Å². The zero-order valence-electron chi connectivity index (χ0n) is 10.3. The Morgan fingerprint density at radius 1 is 0.895 bits per heavy atom. The SMILES string of the molecule is COc1ccccc1Oc1ccc(C#N)c(C#N)c1. The third kappa shape index (κ3) is 2.65. The number of methoxy groups -OCH3 is 1. The summed E-state index contributed by atoms with van der Waals surface area (Å²) in [6.45, 7) is 0. The van der Waals surface area contributed by atoms with E-state index in [0.29, 0.717) is 22.8 Å². The molecular formula is C15H10N2O2. The smallest absolute Gasteiger partial charge is 0.169 e. The second kappa shape index (κ2) is 5.57. The van der Waals surface area contributed by atoms with E-state index in [4.69, 9.17) is 20.0 Å². The summed E-state index contributed by atoms with van der Waals surface area (Å²) >= 11 is 0. The van der Waals surface area contributed by atoms with Crippen molar-refractivity contribution >= 4 is 0 Å². The molecule has 2 rings (SSSR count). The molecule has 0 spiro atoms. The second-order valence-corrected chi connectivity index (χ2v) is 3.68. The van der Waals surface area contributed by atoms with Gasteiger partial charge in [0.25, 0.3) is 0 Å². The average molecular weight is 250 g/mol. The molecule has 0 amide bonds. The van der Waals surface area contributed by atoms with Crippen LogP contribution in [0.25, 0.3) is 0 Å². The quantitative estimate of drug-likeness (QED) is 0.838. The molecule has 0 unspecified atom stereocenters. The molecule has 0 fully saturated rings. The number of benzene rings is 2. The number of ether oxygens (including phenoxy) is 2. The van der Waals surface area contributed by atoms with Crippen LogP contribution in [0.1, 0.15) is 11.1 Å². The first-order valence-electron chi connectivity index (χ1n) is 5.53. The topological polar surface area (TPSA) is 66.0 Å². The van der Waals surface area contributed by atoms with Gasteiger partial charge in [-0.05, 0) is 30.3 Å². The molecule has 2 aromatic carbocycles. The highest BCUT2D eigenvalue weighted by molar-refractivity contribution is 5.51. The molecule has 2 aromatic rings. The van der Waals surface area contributed by atoms with Crippen LogP contribution < -0.4 is 9.47 Å². The van der Waals surface area contributed by atoms with Crippen molar-refractivity contribution in [3.05, 3.63) is 53.6 Å². The van der Waals surface area contributed by atoms with Crippen molar-refractivity contribution in [3.8, 4) is 29.4 Å². The van der Waals surface area contributed by atoms with E-state index in [2.05, 4.69) is 0 Å². The Morgan fingerprint density at radius 2 is 1.58 bits per heavy atom. The summed E-state index contributed by atoms with van der Waals surface area (Å²) < 4.78 is 10.8. The van der Waals surface area contributed by atoms with Gasteiger partial charge < -0.3 is 9.47 Å². The highest BCUT2D eigenvalue weighted by atomic mass is 16.5. The van der Waals surface area contributed by atoms with Gasteiger partial charge >= 0.3 is 0 Å². The van der Waals surface area contributed by atoms with Gasteiger partial charge in [-0.3, -0.25) is 0 Å². The molecule has 0 saturated heterocycles. The van der Waals surface area contributed by atoms with E-state index in [1.165, 1.54) is 6.07 Å². The van der Waals surface area contributed by atoms with Crippen molar-refractivity contribution in [1.82, 2.24) is 0 Å². The van der Waals surface area contributed by atoms with Crippen LogP contribution in [0.15, 0.2) is 42.5 Å². The number of nitrogens with zero attached hydrogens (tertiary/aromatic N) is 2. The van der Waals surface area contributed by atoms with Crippen LogP contribution in [-0.2, 0) is 0 Å². The van der Waals surface area contributed by atoms with Crippen LogP contribution in [0.4, 0.5) is 0 Å². The highest BCUT2D eigenvalue weighted by Crippen LogP contribution is 2.31. The van der Waals surface area contributed by atoms with E-state index in [1.54, 1.807) is 31.4 Å². The van der Waals surface area contributed by atoms with Crippen LogP contribution in [0.3, 0.4) is 0 Å². The first-order chi connectivity index (χ1) is 9.28. The number of nitriles is 2. The summed E-state index contributed by atoms with van der Waals surface area (Å²) in [6.07, 6.45) is 0. The Hall–Kier alpha value is -2.98. The summed E-state index contributed by atoms with van der Waals surface area (Å²) in [4.78, 5) is 0. The fraction of sp³-hybridized carbons (Fsp3) is 0.0667. The lowest BCUT2D eigenvalue weighted by molar-refractivity contribution is 0.379. The Bertz CT molecular complexity index is 681. The summed E-state index contributed by atoms with van der Waals surface area (Å²) in [5.41, 5.74) is 0.616. The molecule has 4 heteroatoms. The lowest BCUT2D eigenvalue weighted by Gasteiger charge is -2.10. The Kier molecular flexibility index (Phi) is 3.66. The predicted molar refractivity (Wildman–Crippen MR) is 68.9 cm³/mol. The van der Waals surface area contributed by atoms with Gasteiger partial charge in [0, 0.05) is 0 Å². The largest absolute Gasteiger partial charge is 0.493 e. The first-order valence-corrected chi connectivity index (χ1v) is 5.53. The monoisotopic (exact) mass is 250 g/mol. The maximum atomic E-state index is 8.96. The van der Waals surface area contributed by atoms with Gasteiger partial charge in [-0.25, -0.2) is 0 Å². The Morgan fingerprint density at radius 3 is 2.21 bits per heavy atom. The standard InChI is InChI=1S/C15H10N2O2/c1-18-14-4-2-3-5-15(14)19-13-7-6-11(9-16)12(8-13)10-17/h2-8H,1H3. The zero-order valence-corrected chi connectivity index (χ0v) is 10.3. The van der Waals surface area contributed by atoms with Crippen LogP contribution in [0, 0.1) is 22.7 Å². The summed E-state index contributed by atoms with van der Waals surface area (Å²) in [6, 6.07) is 15.9. The fourth-order valence-electron chi connectivity index (χ4n) is 1.61. The van der Waals surface area contributed by atoms with Crippen molar-refractivity contribution in [1.29, 1.82) is 10.5 Å². The lowest BCUT2D eigenvalue weighted by Crippen LogP contribution is -1.91. The zero-order chi connectivity index (χ0) is 13.7. The van der Waals surface area contributed by atoms with Crippen molar-refractivity contribution in [2.24, 2.45) is 0 Å². The number of rotatable bonds is 3. The van der Waals surface area contributed by atoms with E-state index in [-0.39, 0.29) is 5.56 Å². The maximum absolute atomic E-state index is 8.96. The van der Waals surface area contributed by atoms with Crippen molar-refractivity contribution in [2.45, 2.75) is 0 Å². The minimum atomic E-state index is 0.287. The van der Waals surface area contributed by atoms with Gasteiger partial charge in [0.05, 0.1) is 18.2 Å². The highest BCUT2D eigenvalue weighted by Gasteiger charge is 2.07. The molecule has 0 aliphatic rings. The van der Waals surface area contributed by atoms with Crippen molar-refractivity contribution in [2.75, 3.05) is 7.11 Å². The molecule has 0 N–H and O–H groups in total. The molecule has 19 heavy (non-hydrogen) atoms. The van der Waals surface area contributed by atoms with Crippen LogP contribution in [-0.4, -0.2) is 7.11 Å². The van der Waals surface area contributed by atoms with Gasteiger partial charge in [0.1, 0.15) is 17.9 Å². The van der Waals surface area contributed by atoms with Gasteiger partial charge in [0.2, 0.25) is 0 Å². The van der Waals surface area contributed by atoms with E-state index in [9.17, 15) is 0 Å². The van der Waals surface area contributed by atoms with Crippen LogP contribution in [0.2, 0.25) is 0 Å². The summed E-state index contributed by atoms with van der Waals surface area (Å²) in [5, 5.41) is 17.8. The van der Waals surface area contributed by atoms with E-state index in [0.717, 1.165) is 0 Å². The average Bonchev–Trinajstić information content (AvgIpc) is 2.47. The first kappa shape index (κ1) is 12.5. The lowest BCUT2D eigenvalue weighted by atomic mass is 10.1. The Balaban J connectivity index is 2.35. The number of hydrogen-bond acceptors (Lipinski definition) is 4. The molecule has 0 atom stereocenters. The molecule has 92 valence electrons. The fourth-order valence-corrected chi connectivity index (χ4v) is 1.61. The molecule has 0 bridgehead atoms. The molecule has 4 nitrogen and oxygen atoms in total. The molecule has 0 radical (unpaired) electrons. The molecule has 0 aliphatic heterocycles. The van der Waals surface area contributed by atoms with Gasteiger partial charge in [-0.15, -0.1) is 0 Å². The third-order valence-corrected chi connectivity index (χ3v) is 2.53. The van der Waals surface area contributed by atoms with Crippen molar-refractivity contribution in [3.63, 3.8) is 0 Å². The molecular weight excluding hydrogens is 240 g/mol. The molecule has 0 aliphatic carbocycles. The molecule has 0 heterocycles. The van der Waals surface area contributed by atoms with Crippen molar-refractivity contribution < 1.29 is 9.47 Å². The predicted octanol–water partition coefficient (Wildman–Crippen LogP) is 3.23. The van der Waals surface area contributed by atoms with E-state index in [1.807, 2.05) is 24.3 Å². The third-order valence-electron chi connectivity index (χ3n) is 2.53. The maximum Gasteiger partial charge on any atom is 0.169 e. The van der Waals surface area contributed by atoms with E-state index < -0.39 is 0 Å². The van der Waals surface area contributed by atoms with E-state index >= 15 is 0 Å². The molecule has 0 saturated carbocycles. The number of para-hydroxylation sites is 2.